The van der Waals surface area contributed by atoms with Gasteiger partial charge in [-0.05, 0) is 98.0 Å². The summed E-state index contributed by atoms with van der Waals surface area (Å²) in [6.45, 7) is 6.34. The minimum absolute atomic E-state index is 0.0128. The lowest BCUT2D eigenvalue weighted by molar-refractivity contribution is -0.125. The van der Waals surface area contributed by atoms with Gasteiger partial charge in [-0.15, -0.1) is 0 Å². The van der Waals surface area contributed by atoms with Gasteiger partial charge in [0.2, 0.25) is 11.8 Å². The second-order valence-corrected chi connectivity index (χ2v) is 13.8. The first-order valence-electron chi connectivity index (χ1n) is 16.7. The first kappa shape index (κ1) is 33.1. The normalized spacial score (nSPS) is 22.3. The zero-order chi connectivity index (χ0) is 33.2. The van der Waals surface area contributed by atoms with Crippen LogP contribution in [0.2, 0.25) is 5.02 Å². The zero-order valence-corrected chi connectivity index (χ0v) is 28.9. The summed E-state index contributed by atoms with van der Waals surface area (Å²) in [6.07, 6.45) is 7.44. The number of methoxy groups -OCH3 is 1. The maximum absolute atomic E-state index is 13.9. The van der Waals surface area contributed by atoms with Crippen molar-refractivity contribution < 1.29 is 19.1 Å². The SMILES string of the molecule is CC[C@@H](C)Oc1cc2c(cc1OC)CC(=O)N(c1ccc(N(C)C[C@H]3CC[C@H](N4CC(=O)N(C)C4)CC3)nc1)[C@H]2c1ccc(Cl)cc1. The highest BCUT2D eigenvalue weighted by Gasteiger charge is 2.37. The van der Waals surface area contributed by atoms with Crippen LogP contribution >= 0.6 is 11.6 Å². The van der Waals surface area contributed by atoms with Crippen LogP contribution in [0.1, 0.15) is 68.7 Å². The van der Waals surface area contributed by atoms with Crippen molar-refractivity contribution in [3.8, 4) is 11.5 Å². The molecule has 0 N–H and O–H groups in total. The summed E-state index contributed by atoms with van der Waals surface area (Å²) in [7, 11) is 5.61. The van der Waals surface area contributed by atoms with Crippen molar-refractivity contribution in [3.05, 3.63) is 76.4 Å². The number of hydrogen-bond acceptors (Lipinski definition) is 7. The number of carbonyl (C=O) groups is 2. The Labute approximate surface area is 283 Å². The van der Waals surface area contributed by atoms with Gasteiger partial charge in [0, 0.05) is 31.7 Å². The van der Waals surface area contributed by atoms with E-state index in [1.807, 2.05) is 78.5 Å². The molecule has 1 saturated heterocycles. The summed E-state index contributed by atoms with van der Waals surface area (Å²) in [5, 5.41) is 0.638. The fraction of sp³-hybridized carbons (Fsp3) is 0.486. The number of carbonyl (C=O) groups excluding carboxylic acids is 2. The van der Waals surface area contributed by atoms with Gasteiger partial charge in [0.25, 0.3) is 0 Å². The Hall–Kier alpha value is -3.82. The largest absolute Gasteiger partial charge is 0.493 e. The number of anilines is 2. The minimum atomic E-state index is -0.389. The number of hydrogen-bond donors (Lipinski definition) is 0. The Kier molecular flexibility index (Phi) is 9.94. The monoisotopic (exact) mass is 659 g/mol. The van der Waals surface area contributed by atoms with E-state index in [9.17, 15) is 9.59 Å². The van der Waals surface area contributed by atoms with Crippen molar-refractivity contribution in [1.82, 2.24) is 14.8 Å². The van der Waals surface area contributed by atoms with E-state index in [2.05, 4.69) is 23.8 Å². The number of nitrogens with zero attached hydrogens (tertiary/aromatic N) is 5. The summed E-state index contributed by atoms with van der Waals surface area (Å²) in [5.74, 6) is 2.95. The van der Waals surface area contributed by atoms with Crippen LogP contribution < -0.4 is 19.3 Å². The highest BCUT2D eigenvalue weighted by molar-refractivity contribution is 6.30. The Morgan fingerprint density at radius 1 is 1.02 bits per heavy atom. The van der Waals surface area contributed by atoms with E-state index in [4.69, 9.17) is 26.1 Å². The van der Waals surface area contributed by atoms with Crippen LogP contribution in [-0.4, -0.2) is 79.7 Å². The van der Waals surface area contributed by atoms with Crippen LogP contribution in [0, 0.1) is 5.92 Å². The van der Waals surface area contributed by atoms with Crippen molar-refractivity contribution in [2.24, 2.45) is 5.92 Å². The first-order valence-corrected chi connectivity index (χ1v) is 17.1. The van der Waals surface area contributed by atoms with Crippen molar-refractivity contribution in [2.75, 3.05) is 50.8 Å². The lowest BCUT2D eigenvalue weighted by Gasteiger charge is -2.38. The molecule has 10 heteroatoms. The Morgan fingerprint density at radius 3 is 2.38 bits per heavy atom. The predicted octanol–water partition coefficient (Wildman–Crippen LogP) is 6.33. The highest BCUT2D eigenvalue weighted by atomic mass is 35.5. The summed E-state index contributed by atoms with van der Waals surface area (Å²) in [4.78, 5) is 39.0. The number of halogens is 1. The molecule has 47 heavy (non-hydrogen) atoms. The molecule has 3 aromatic rings. The van der Waals surface area contributed by atoms with Gasteiger partial charge in [-0.3, -0.25) is 19.4 Å². The molecule has 2 fully saturated rings. The lowest BCUT2D eigenvalue weighted by atomic mass is 9.85. The fourth-order valence-electron chi connectivity index (χ4n) is 7.24. The van der Waals surface area contributed by atoms with Crippen molar-refractivity contribution in [1.29, 1.82) is 0 Å². The van der Waals surface area contributed by atoms with Gasteiger partial charge in [-0.25, -0.2) is 4.98 Å². The van der Waals surface area contributed by atoms with Gasteiger partial charge < -0.3 is 19.3 Å². The van der Waals surface area contributed by atoms with E-state index >= 15 is 0 Å². The Balaban J connectivity index is 1.21. The van der Waals surface area contributed by atoms with E-state index in [0.29, 0.717) is 35.0 Å². The first-order chi connectivity index (χ1) is 22.6. The summed E-state index contributed by atoms with van der Waals surface area (Å²) in [5.41, 5.74) is 3.60. The van der Waals surface area contributed by atoms with Crippen LogP contribution in [0.15, 0.2) is 54.7 Å². The highest BCUT2D eigenvalue weighted by Crippen LogP contribution is 2.44. The second kappa shape index (κ2) is 14.1. The molecular formula is C37H46ClN5O4. The number of amides is 2. The lowest BCUT2D eigenvalue weighted by Crippen LogP contribution is -2.41. The summed E-state index contributed by atoms with van der Waals surface area (Å²) in [6, 6.07) is 15.8. The molecule has 1 saturated carbocycles. The fourth-order valence-corrected chi connectivity index (χ4v) is 7.36. The molecule has 0 radical (unpaired) electrons. The number of ether oxygens (including phenoxy) is 2. The van der Waals surface area contributed by atoms with Gasteiger partial charge in [0.1, 0.15) is 5.82 Å². The zero-order valence-electron chi connectivity index (χ0n) is 28.1. The van der Waals surface area contributed by atoms with Crippen LogP contribution in [0.25, 0.3) is 0 Å². The van der Waals surface area contributed by atoms with Gasteiger partial charge in [0.15, 0.2) is 11.5 Å². The molecule has 250 valence electrons. The quantitative estimate of drug-likeness (QED) is 0.252. The molecule has 2 aliphatic heterocycles. The Bertz CT molecular complexity index is 1570. The minimum Gasteiger partial charge on any atom is -0.493 e. The summed E-state index contributed by atoms with van der Waals surface area (Å²) < 4.78 is 12.0. The molecular weight excluding hydrogens is 614 g/mol. The van der Waals surface area contributed by atoms with Crippen molar-refractivity contribution in [2.45, 2.75) is 70.6 Å². The van der Waals surface area contributed by atoms with Crippen LogP contribution in [0.5, 0.6) is 11.5 Å². The van der Waals surface area contributed by atoms with E-state index in [-0.39, 0.29) is 30.4 Å². The molecule has 0 bridgehead atoms. The molecule has 1 aliphatic carbocycles. The van der Waals surface area contributed by atoms with Gasteiger partial charge >= 0.3 is 0 Å². The maximum Gasteiger partial charge on any atom is 0.237 e. The maximum atomic E-state index is 13.9. The topological polar surface area (TPSA) is 78.5 Å². The van der Waals surface area contributed by atoms with Crippen LogP contribution in [0.4, 0.5) is 11.5 Å². The number of rotatable bonds is 10. The average Bonchev–Trinajstić information content (AvgIpc) is 3.42. The van der Waals surface area contributed by atoms with E-state index in [0.717, 1.165) is 73.5 Å². The predicted molar refractivity (Wildman–Crippen MR) is 185 cm³/mol. The molecule has 1 aromatic heterocycles. The third kappa shape index (κ3) is 7.06. The molecule has 0 spiro atoms. The molecule has 2 amide bonds. The smallest absolute Gasteiger partial charge is 0.237 e. The molecule has 0 unspecified atom stereocenters. The van der Waals surface area contributed by atoms with E-state index in [1.165, 1.54) is 0 Å². The standard InChI is InChI=1S/C37H46ClN5O4/c1-6-24(2)47-33-19-31-27(17-32(33)46-5)18-35(44)43(37(31)26-9-11-28(38)12-10-26)30-15-16-34(39-20-30)40(3)21-25-7-13-29(14-8-25)42-22-36(45)41(4)23-42/h9-12,15-17,19-20,24-25,29,37H,6-8,13-14,18,21-23H2,1-5H3/t24-,25-,29-,37+/m1/s1. The average molecular weight is 660 g/mol. The van der Waals surface area contributed by atoms with Gasteiger partial charge in [0.05, 0.1) is 50.8 Å². The third-order valence-electron chi connectivity index (χ3n) is 10.1. The van der Waals surface area contributed by atoms with Crippen molar-refractivity contribution in [3.63, 3.8) is 0 Å². The molecule has 3 aliphatic rings. The Morgan fingerprint density at radius 2 is 1.77 bits per heavy atom. The molecule has 3 heterocycles. The molecule has 9 nitrogen and oxygen atoms in total. The van der Waals surface area contributed by atoms with Crippen molar-refractivity contribution >= 4 is 34.9 Å². The molecule has 6 rings (SSSR count). The number of benzene rings is 2. The van der Waals surface area contributed by atoms with Gasteiger partial charge in [-0.1, -0.05) is 30.7 Å². The number of pyridine rings is 1. The van der Waals surface area contributed by atoms with Crippen LogP contribution in [-0.2, 0) is 16.0 Å². The van der Waals surface area contributed by atoms with Crippen LogP contribution in [0.3, 0.4) is 0 Å². The number of aromatic nitrogens is 1. The molecule has 2 aromatic carbocycles. The second-order valence-electron chi connectivity index (χ2n) is 13.3. The summed E-state index contributed by atoms with van der Waals surface area (Å²) >= 11 is 6.29. The molecule has 2 atom stereocenters. The third-order valence-corrected chi connectivity index (χ3v) is 10.4. The van der Waals surface area contributed by atoms with E-state index in [1.54, 1.807) is 7.11 Å². The number of fused-ring (bicyclic) bond motifs is 1. The van der Waals surface area contributed by atoms with Gasteiger partial charge in [-0.2, -0.15) is 0 Å². The number of likely N-dealkylation sites (N-methyl/N-ethyl adjacent to an activating group) is 1. The van der Waals surface area contributed by atoms with E-state index < -0.39 is 0 Å².